The van der Waals surface area contributed by atoms with Crippen molar-refractivity contribution in [2.45, 2.75) is 0 Å². The highest BCUT2D eigenvalue weighted by molar-refractivity contribution is 9.11. The van der Waals surface area contributed by atoms with Gasteiger partial charge in [0.2, 0.25) is 0 Å². The minimum Gasteiger partial charge on any atom is -0.508 e. The zero-order valence-corrected chi connectivity index (χ0v) is 24.4. The molecular formula is C30H20Br2N2O8. The van der Waals surface area contributed by atoms with Gasteiger partial charge in [-0.05, 0) is 92.5 Å². The van der Waals surface area contributed by atoms with Crippen molar-refractivity contribution < 1.29 is 30.6 Å². The molecule has 4 aromatic carbocycles. The lowest BCUT2D eigenvalue weighted by Crippen LogP contribution is -2.18. The molecule has 0 saturated carbocycles. The van der Waals surface area contributed by atoms with Gasteiger partial charge in [0.05, 0.1) is 10.8 Å². The summed E-state index contributed by atoms with van der Waals surface area (Å²) in [5, 5.41) is 58.6. The van der Waals surface area contributed by atoms with Crippen LogP contribution in [0.15, 0.2) is 104 Å². The third kappa shape index (κ3) is 5.37. The molecule has 6 rings (SSSR count). The summed E-state index contributed by atoms with van der Waals surface area (Å²) in [6.45, 7) is 0. The van der Waals surface area contributed by atoms with Crippen LogP contribution in [0, 0.1) is 0 Å². The van der Waals surface area contributed by atoms with Crippen LogP contribution >= 0.6 is 31.9 Å². The fourth-order valence-corrected chi connectivity index (χ4v) is 5.42. The van der Waals surface area contributed by atoms with Crippen LogP contribution in [0.25, 0.3) is 32.9 Å². The molecule has 10 nitrogen and oxygen atoms in total. The minimum absolute atomic E-state index is 0.0967. The van der Waals surface area contributed by atoms with Gasteiger partial charge in [0, 0.05) is 55.6 Å². The van der Waals surface area contributed by atoms with Gasteiger partial charge in [0.25, 0.3) is 11.1 Å². The van der Waals surface area contributed by atoms with Crippen LogP contribution in [-0.2, 0) is 0 Å². The van der Waals surface area contributed by atoms with Crippen LogP contribution in [0.4, 0.5) is 0 Å². The molecule has 0 radical (unpaired) electrons. The lowest BCUT2D eigenvalue weighted by Gasteiger charge is -2.10. The van der Waals surface area contributed by atoms with Crippen molar-refractivity contribution in [2.75, 3.05) is 0 Å². The Hall–Kier alpha value is -4.94. The Labute approximate surface area is 253 Å². The van der Waals surface area contributed by atoms with Crippen LogP contribution in [0.3, 0.4) is 0 Å². The van der Waals surface area contributed by atoms with Gasteiger partial charge in [0.1, 0.15) is 34.5 Å². The second-order valence-corrected chi connectivity index (χ2v) is 10.8. The summed E-state index contributed by atoms with van der Waals surface area (Å²) >= 11 is 6.66. The van der Waals surface area contributed by atoms with E-state index in [9.17, 15) is 40.2 Å². The first-order valence-electron chi connectivity index (χ1n) is 12.1. The van der Waals surface area contributed by atoms with E-state index in [2.05, 4.69) is 31.9 Å². The number of fused-ring (bicyclic) bond motifs is 2. The quantitative estimate of drug-likeness (QED) is 0.133. The zero-order valence-electron chi connectivity index (χ0n) is 21.2. The number of aromatic hydroxyl groups is 6. The average molecular weight is 696 g/mol. The molecule has 0 bridgehead atoms. The third-order valence-corrected chi connectivity index (χ3v) is 7.59. The van der Waals surface area contributed by atoms with E-state index in [-0.39, 0.29) is 45.3 Å². The molecule has 0 amide bonds. The fraction of sp³-hybridized carbons (Fsp3) is 0. The maximum atomic E-state index is 12.5. The molecule has 6 N–H and O–H groups in total. The van der Waals surface area contributed by atoms with E-state index in [0.29, 0.717) is 31.1 Å². The molecule has 0 saturated heterocycles. The Bertz CT molecular complexity index is 1950. The highest BCUT2D eigenvalue weighted by atomic mass is 79.9. The zero-order chi connectivity index (χ0) is 30.3. The molecule has 12 heteroatoms. The number of phenolic OH excluding ortho intramolecular Hbond substituents is 6. The Morgan fingerprint density at radius 3 is 1.14 bits per heavy atom. The number of benzene rings is 4. The Balaban J connectivity index is 0.000000168. The molecule has 0 unspecified atom stereocenters. The Morgan fingerprint density at radius 2 is 0.810 bits per heavy atom. The largest absolute Gasteiger partial charge is 0.508 e. The van der Waals surface area contributed by atoms with Crippen molar-refractivity contribution in [1.82, 2.24) is 9.13 Å². The predicted octanol–water partition coefficient (Wildman–Crippen LogP) is 5.74. The summed E-state index contributed by atoms with van der Waals surface area (Å²) in [5.74, 6) is -0.628. The van der Waals surface area contributed by atoms with Gasteiger partial charge in [-0.25, -0.2) is 0 Å². The normalized spacial score (nSPS) is 10.9. The van der Waals surface area contributed by atoms with Crippen molar-refractivity contribution in [3.63, 3.8) is 0 Å². The molecule has 0 aliphatic carbocycles. The number of aromatic nitrogens is 2. The number of hydrogen-bond acceptors (Lipinski definition) is 8. The average Bonchev–Trinajstić information content (AvgIpc) is 2.93. The Morgan fingerprint density at radius 1 is 0.476 bits per heavy atom. The first kappa shape index (κ1) is 28.6. The summed E-state index contributed by atoms with van der Waals surface area (Å²) in [7, 11) is 0. The van der Waals surface area contributed by atoms with Crippen molar-refractivity contribution in [3.8, 4) is 45.9 Å². The number of pyridine rings is 2. The summed E-state index contributed by atoms with van der Waals surface area (Å²) in [6.07, 6.45) is 3.10. The van der Waals surface area contributed by atoms with Gasteiger partial charge in [-0.2, -0.15) is 0 Å². The molecular weight excluding hydrogens is 676 g/mol. The number of nitrogens with zero attached hydrogens (tertiary/aromatic N) is 2. The molecule has 0 atom stereocenters. The predicted molar refractivity (Wildman–Crippen MR) is 164 cm³/mol. The molecule has 6 aromatic rings. The minimum atomic E-state index is -0.420. The van der Waals surface area contributed by atoms with Crippen LogP contribution < -0.4 is 11.1 Å². The second-order valence-electron chi connectivity index (χ2n) is 9.11. The van der Waals surface area contributed by atoms with Crippen molar-refractivity contribution >= 4 is 53.4 Å². The third-order valence-electron chi connectivity index (χ3n) is 6.33. The number of halogens is 2. The molecule has 0 aliphatic rings. The SMILES string of the molecule is O=c1c2c(O)cc(O)cc2c(Br)cn1-c1ccc(O)cc1.O=c1c2c(O)cc(O)cc2c(Br)cn1-c1ccc(O)cc1. The molecule has 2 heterocycles. The lowest BCUT2D eigenvalue weighted by atomic mass is 10.1. The molecule has 212 valence electrons. The van der Waals surface area contributed by atoms with Gasteiger partial charge in [-0.3, -0.25) is 18.7 Å². The maximum absolute atomic E-state index is 12.5. The van der Waals surface area contributed by atoms with Gasteiger partial charge in [0.15, 0.2) is 0 Å². The van der Waals surface area contributed by atoms with E-state index < -0.39 is 11.1 Å². The highest BCUT2D eigenvalue weighted by Gasteiger charge is 2.15. The van der Waals surface area contributed by atoms with Crippen LogP contribution in [0.1, 0.15) is 0 Å². The van der Waals surface area contributed by atoms with Crippen molar-refractivity contribution in [2.24, 2.45) is 0 Å². The molecule has 42 heavy (non-hydrogen) atoms. The smallest absolute Gasteiger partial charge is 0.266 e. The topological polar surface area (TPSA) is 165 Å². The lowest BCUT2D eigenvalue weighted by molar-refractivity contribution is 0.453. The van der Waals surface area contributed by atoms with E-state index in [1.54, 1.807) is 36.7 Å². The first-order chi connectivity index (χ1) is 19.9. The number of phenols is 6. The monoisotopic (exact) mass is 694 g/mol. The van der Waals surface area contributed by atoms with Gasteiger partial charge < -0.3 is 30.6 Å². The molecule has 0 spiro atoms. The molecule has 0 fully saturated rings. The van der Waals surface area contributed by atoms with E-state index in [4.69, 9.17) is 0 Å². The van der Waals surface area contributed by atoms with Gasteiger partial charge in [-0.1, -0.05) is 0 Å². The second kappa shape index (κ2) is 11.1. The van der Waals surface area contributed by atoms with Crippen LogP contribution in [0.5, 0.6) is 34.5 Å². The van der Waals surface area contributed by atoms with Crippen molar-refractivity contribution in [1.29, 1.82) is 0 Å². The number of hydrogen-bond donors (Lipinski definition) is 6. The van der Waals surface area contributed by atoms with Gasteiger partial charge in [-0.15, -0.1) is 0 Å². The number of rotatable bonds is 2. The van der Waals surface area contributed by atoms with E-state index in [0.717, 1.165) is 12.1 Å². The fourth-order valence-electron chi connectivity index (χ4n) is 4.38. The standard InChI is InChI=1S/2C15H10BrNO4/c2*16-12-7-17(8-1-3-9(18)4-2-8)15(21)14-11(12)5-10(19)6-13(14)20/h2*1-7,18-20H. The van der Waals surface area contributed by atoms with E-state index in [1.807, 2.05) is 0 Å². The van der Waals surface area contributed by atoms with Crippen LogP contribution in [-0.4, -0.2) is 39.8 Å². The maximum Gasteiger partial charge on any atom is 0.266 e. The summed E-state index contributed by atoms with van der Waals surface area (Å²) in [6, 6.07) is 17.3. The van der Waals surface area contributed by atoms with Crippen LogP contribution in [0.2, 0.25) is 0 Å². The van der Waals surface area contributed by atoms with Gasteiger partial charge >= 0.3 is 0 Å². The first-order valence-corrected chi connectivity index (χ1v) is 13.7. The van der Waals surface area contributed by atoms with Crippen molar-refractivity contribution in [3.05, 3.63) is 115 Å². The Kier molecular flexibility index (Phi) is 7.59. The molecule has 0 aliphatic heterocycles. The van der Waals surface area contributed by atoms with E-state index >= 15 is 0 Å². The summed E-state index contributed by atoms with van der Waals surface area (Å²) < 4.78 is 3.80. The summed E-state index contributed by atoms with van der Waals surface area (Å²) in [5.41, 5.74) is 0.258. The van der Waals surface area contributed by atoms with E-state index in [1.165, 1.54) is 45.5 Å². The summed E-state index contributed by atoms with van der Waals surface area (Å²) in [4.78, 5) is 25.1. The molecule has 2 aromatic heterocycles. The highest BCUT2D eigenvalue weighted by Crippen LogP contribution is 2.33.